The van der Waals surface area contributed by atoms with E-state index in [1.807, 2.05) is 0 Å². The van der Waals surface area contributed by atoms with Crippen molar-refractivity contribution in [2.45, 2.75) is 38.5 Å². The smallest absolute Gasteiger partial charge is 0.334 e. The average molecular weight is 167 g/mol. The summed E-state index contributed by atoms with van der Waals surface area (Å²) in [4.78, 5) is 11.3. The minimum atomic E-state index is -0.694. The number of carbonyl (C=O) groups excluding carboxylic acids is 1. The highest BCUT2D eigenvalue weighted by atomic mass is 16.5. The largest absolute Gasteiger partial charge is 0.458 e. The van der Waals surface area contributed by atoms with Gasteiger partial charge in [-0.05, 0) is 31.3 Å². The zero-order valence-electron chi connectivity index (χ0n) is 8.14. The van der Waals surface area contributed by atoms with Crippen molar-refractivity contribution in [1.29, 1.82) is 0 Å². The first kappa shape index (κ1) is 6.70. The fourth-order valence-corrected chi connectivity index (χ4v) is 1.84. The Morgan fingerprint density at radius 3 is 2.75 bits per heavy atom. The van der Waals surface area contributed by atoms with Gasteiger partial charge in [0.25, 0.3) is 0 Å². The van der Waals surface area contributed by atoms with Gasteiger partial charge in [-0.3, -0.25) is 0 Å². The van der Waals surface area contributed by atoms with Crippen LogP contribution in [0, 0.1) is 0 Å². The van der Waals surface area contributed by atoms with E-state index in [2.05, 4.69) is 0 Å². The Balaban J connectivity index is 2.22. The monoisotopic (exact) mass is 167 g/mol. The molecule has 2 nitrogen and oxygen atoms in total. The Bertz CT molecular complexity index is 258. The number of carbonyl (C=O) groups is 1. The Labute approximate surface area is 74.0 Å². The van der Waals surface area contributed by atoms with Gasteiger partial charge in [0, 0.05) is 5.57 Å². The number of hydrogen-bond acceptors (Lipinski definition) is 2. The molecule has 0 N–H and O–H groups in total. The first-order valence-corrected chi connectivity index (χ1v) is 4.64. The third kappa shape index (κ3) is 1.38. The van der Waals surface area contributed by atoms with Gasteiger partial charge in [0.05, 0.1) is 1.37 Å². The summed E-state index contributed by atoms with van der Waals surface area (Å²) in [5.41, 5.74) is 1.75. The molecule has 0 aromatic rings. The Morgan fingerprint density at radius 1 is 1.17 bits per heavy atom. The van der Waals surface area contributed by atoms with Crippen molar-refractivity contribution >= 4 is 5.97 Å². The zero-order valence-corrected chi connectivity index (χ0v) is 7.14. The average Bonchev–Trinajstić information content (AvgIpc) is 2.25. The lowest BCUT2D eigenvalue weighted by Crippen LogP contribution is -2.00. The molecular formula is C10H14O2. The quantitative estimate of drug-likeness (QED) is 0.517. The molecule has 1 unspecified atom stereocenters. The molecule has 2 heteroatoms. The molecule has 0 aromatic heterocycles. The van der Waals surface area contributed by atoms with Gasteiger partial charge in [-0.15, -0.1) is 0 Å². The molecule has 66 valence electrons. The number of esters is 1. The first-order valence-electron chi connectivity index (χ1n) is 5.22. The standard InChI is InChI=1S/C10H14O2/c11-10-9-6-4-2-1-3-5-8(9)7-12-10/h1-7H2/i7D. The molecule has 2 aliphatic rings. The van der Waals surface area contributed by atoms with E-state index in [0.29, 0.717) is 0 Å². The van der Waals surface area contributed by atoms with E-state index in [4.69, 9.17) is 6.11 Å². The summed E-state index contributed by atoms with van der Waals surface area (Å²) in [7, 11) is 0. The summed E-state index contributed by atoms with van der Waals surface area (Å²) in [6, 6.07) is 0. The maximum atomic E-state index is 11.3. The van der Waals surface area contributed by atoms with Crippen LogP contribution in [0.25, 0.3) is 0 Å². The molecule has 0 spiro atoms. The molecule has 0 fully saturated rings. The third-order valence-electron chi connectivity index (χ3n) is 2.57. The molecule has 0 amide bonds. The van der Waals surface area contributed by atoms with Gasteiger partial charge in [-0.1, -0.05) is 12.8 Å². The normalized spacial score (nSPS) is 31.8. The zero-order chi connectivity index (χ0) is 9.26. The van der Waals surface area contributed by atoms with Crippen molar-refractivity contribution in [2.24, 2.45) is 0 Å². The van der Waals surface area contributed by atoms with Crippen LogP contribution >= 0.6 is 0 Å². The van der Waals surface area contributed by atoms with Gasteiger partial charge in [0.15, 0.2) is 0 Å². The highest BCUT2D eigenvalue weighted by molar-refractivity contribution is 5.91. The fraction of sp³-hybridized carbons (Fsp3) is 0.700. The number of rotatable bonds is 0. The second kappa shape index (κ2) is 3.30. The van der Waals surface area contributed by atoms with E-state index in [9.17, 15) is 4.79 Å². The van der Waals surface area contributed by atoms with Crippen molar-refractivity contribution in [3.8, 4) is 0 Å². The van der Waals surface area contributed by atoms with Crippen molar-refractivity contribution in [1.82, 2.24) is 0 Å². The summed E-state index contributed by atoms with van der Waals surface area (Å²) in [6.07, 6.45) is 6.30. The van der Waals surface area contributed by atoms with E-state index in [1.54, 1.807) is 0 Å². The SMILES string of the molecule is [2H]C1OC(=O)C2=C1CCCCCC2. The van der Waals surface area contributed by atoms with Crippen LogP contribution in [-0.2, 0) is 9.53 Å². The summed E-state index contributed by atoms with van der Waals surface area (Å²) >= 11 is 0. The minimum Gasteiger partial charge on any atom is -0.458 e. The lowest BCUT2D eigenvalue weighted by atomic mass is 9.95. The predicted octanol–water partition coefficient (Wildman–Crippen LogP) is 2.19. The maximum Gasteiger partial charge on any atom is 0.334 e. The van der Waals surface area contributed by atoms with Gasteiger partial charge < -0.3 is 4.74 Å². The van der Waals surface area contributed by atoms with Gasteiger partial charge in [-0.25, -0.2) is 4.79 Å². The minimum absolute atomic E-state index is 0.239. The molecular weight excluding hydrogens is 152 g/mol. The fourth-order valence-electron chi connectivity index (χ4n) is 1.84. The number of cyclic esters (lactones) is 1. The summed E-state index contributed by atoms with van der Waals surface area (Å²) in [5.74, 6) is -0.239. The maximum absolute atomic E-state index is 11.3. The van der Waals surface area contributed by atoms with E-state index in [1.165, 1.54) is 12.8 Å². The molecule has 12 heavy (non-hydrogen) atoms. The van der Waals surface area contributed by atoms with Crippen LogP contribution in [0.4, 0.5) is 0 Å². The van der Waals surface area contributed by atoms with Gasteiger partial charge in [0.1, 0.15) is 6.58 Å². The second-order valence-electron chi connectivity index (χ2n) is 3.44. The van der Waals surface area contributed by atoms with E-state index in [-0.39, 0.29) is 5.97 Å². The lowest BCUT2D eigenvalue weighted by molar-refractivity contribution is -0.136. The summed E-state index contributed by atoms with van der Waals surface area (Å²) < 4.78 is 12.4. The van der Waals surface area contributed by atoms with E-state index < -0.39 is 6.58 Å². The molecule has 1 aliphatic carbocycles. The second-order valence-corrected chi connectivity index (χ2v) is 3.44. The lowest BCUT2D eigenvalue weighted by Gasteiger charge is -2.07. The van der Waals surface area contributed by atoms with Crippen LogP contribution < -0.4 is 0 Å². The highest BCUT2D eigenvalue weighted by Gasteiger charge is 2.24. The van der Waals surface area contributed by atoms with E-state index >= 15 is 0 Å². The van der Waals surface area contributed by atoms with Gasteiger partial charge in [0.2, 0.25) is 0 Å². The Morgan fingerprint density at radius 2 is 1.92 bits per heavy atom. The molecule has 0 saturated heterocycles. The predicted molar refractivity (Wildman–Crippen MR) is 45.7 cm³/mol. The molecule has 1 heterocycles. The summed E-state index contributed by atoms with van der Waals surface area (Å²) in [6.45, 7) is -0.694. The third-order valence-corrected chi connectivity index (χ3v) is 2.57. The molecule has 0 aromatic carbocycles. The molecule has 1 aliphatic heterocycles. The van der Waals surface area contributed by atoms with Gasteiger partial charge >= 0.3 is 5.97 Å². The van der Waals surface area contributed by atoms with Crippen molar-refractivity contribution in [2.75, 3.05) is 6.58 Å². The summed E-state index contributed by atoms with van der Waals surface area (Å²) in [5, 5.41) is 0. The van der Waals surface area contributed by atoms with Crippen LogP contribution in [0.2, 0.25) is 0 Å². The number of hydrogen-bond donors (Lipinski definition) is 0. The van der Waals surface area contributed by atoms with Crippen molar-refractivity contribution < 1.29 is 10.9 Å². The van der Waals surface area contributed by atoms with Crippen molar-refractivity contribution in [3.05, 3.63) is 11.1 Å². The molecule has 0 radical (unpaired) electrons. The van der Waals surface area contributed by atoms with Crippen LogP contribution in [0.3, 0.4) is 0 Å². The highest BCUT2D eigenvalue weighted by Crippen LogP contribution is 2.28. The Kier molecular flexibility index (Phi) is 1.84. The van der Waals surface area contributed by atoms with Crippen LogP contribution in [-0.4, -0.2) is 12.6 Å². The Hall–Kier alpha value is -0.790. The topological polar surface area (TPSA) is 26.3 Å². The molecule has 2 rings (SSSR count). The van der Waals surface area contributed by atoms with Crippen LogP contribution in [0.15, 0.2) is 11.1 Å². The van der Waals surface area contributed by atoms with E-state index in [0.717, 1.165) is 36.8 Å². The first-order chi connectivity index (χ1) is 6.29. The molecule has 1 atom stereocenters. The van der Waals surface area contributed by atoms with Crippen molar-refractivity contribution in [3.63, 3.8) is 0 Å². The molecule has 0 bridgehead atoms. The molecule has 0 saturated carbocycles. The van der Waals surface area contributed by atoms with Crippen LogP contribution in [0.1, 0.15) is 39.9 Å². The van der Waals surface area contributed by atoms with Crippen LogP contribution in [0.5, 0.6) is 0 Å². The van der Waals surface area contributed by atoms with Gasteiger partial charge in [-0.2, -0.15) is 0 Å². The number of ether oxygens (including phenoxy) is 1.